The summed E-state index contributed by atoms with van der Waals surface area (Å²) in [4.78, 5) is 23.3. The van der Waals surface area contributed by atoms with Crippen molar-refractivity contribution in [1.82, 2.24) is 10.6 Å². The first-order chi connectivity index (χ1) is 12.0. The first-order valence-corrected chi connectivity index (χ1v) is 12.0. The molecule has 5 N–H and O–H groups in total. The summed E-state index contributed by atoms with van der Waals surface area (Å²) in [6, 6.07) is 7.03. The molecule has 3 atom stereocenters. The van der Waals surface area contributed by atoms with Crippen molar-refractivity contribution in [2.75, 3.05) is 11.1 Å². The zero-order chi connectivity index (χ0) is 17.8. The van der Waals surface area contributed by atoms with Crippen molar-refractivity contribution >= 4 is 49.1 Å². The van der Waals surface area contributed by atoms with Crippen LogP contribution in [0.1, 0.15) is 25.7 Å². The Morgan fingerprint density at radius 2 is 2.00 bits per heavy atom. The normalized spacial score (nSPS) is 24.8. The number of amides is 3. The van der Waals surface area contributed by atoms with E-state index in [1.54, 1.807) is 24.3 Å². The van der Waals surface area contributed by atoms with Gasteiger partial charge in [-0.05, 0) is 0 Å². The third-order valence-electron chi connectivity index (χ3n) is 4.46. The molecule has 0 unspecified atom stereocenters. The van der Waals surface area contributed by atoms with Crippen LogP contribution in [0.25, 0.3) is 0 Å². The van der Waals surface area contributed by atoms with Gasteiger partial charge in [0.2, 0.25) is 0 Å². The predicted molar refractivity (Wildman–Crippen MR) is 98.9 cm³/mol. The molecule has 0 spiro atoms. The summed E-state index contributed by atoms with van der Waals surface area (Å²) >= 11 is -0.954. The Morgan fingerprint density at radius 3 is 2.72 bits per heavy atom. The molecule has 2 aliphatic heterocycles. The van der Waals surface area contributed by atoms with E-state index in [-0.39, 0.29) is 24.0 Å². The van der Waals surface area contributed by atoms with Gasteiger partial charge in [-0.2, -0.15) is 0 Å². The Balaban J connectivity index is 1.35. The van der Waals surface area contributed by atoms with Crippen LogP contribution in [-0.4, -0.2) is 58.6 Å². The van der Waals surface area contributed by atoms with Crippen LogP contribution in [0.2, 0.25) is 0 Å². The van der Waals surface area contributed by atoms with E-state index in [4.69, 9.17) is 0 Å². The molecule has 3 rings (SSSR count). The number of nitrogens with one attached hydrogen (secondary N) is 3. The fourth-order valence-corrected chi connectivity index (χ4v) is 5.59. The molecule has 2 fully saturated rings. The SMILES string of the molecule is O=C(CCCC[C@@H]1SC[C@@H]2NC(=O)N[C@@H]21)Nc1ccc([As](O)O)cc1. The second-order valence-electron chi connectivity index (χ2n) is 6.25. The number of carbonyl (C=O) groups is 2. The molecule has 0 aromatic heterocycles. The van der Waals surface area contributed by atoms with Gasteiger partial charge in [0.25, 0.3) is 0 Å². The van der Waals surface area contributed by atoms with Crippen molar-refractivity contribution in [3.05, 3.63) is 24.3 Å². The van der Waals surface area contributed by atoms with Gasteiger partial charge in [0.15, 0.2) is 0 Å². The summed E-state index contributed by atoms with van der Waals surface area (Å²) in [7, 11) is 0. The van der Waals surface area contributed by atoms with Crippen LogP contribution in [0.3, 0.4) is 0 Å². The van der Waals surface area contributed by atoms with Gasteiger partial charge in [0.1, 0.15) is 0 Å². The summed E-state index contributed by atoms with van der Waals surface area (Å²) in [5, 5.41) is 9.15. The van der Waals surface area contributed by atoms with E-state index in [0.29, 0.717) is 21.7 Å². The quantitative estimate of drug-likeness (QED) is 0.240. The monoisotopic (exact) mass is 427 g/mol. The van der Waals surface area contributed by atoms with E-state index >= 15 is 0 Å². The first kappa shape index (κ1) is 18.6. The number of hydrogen-bond acceptors (Lipinski definition) is 5. The molecule has 25 heavy (non-hydrogen) atoms. The topological polar surface area (TPSA) is 111 Å². The molecule has 0 aliphatic carbocycles. The maximum absolute atomic E-state index is 12.0. The number of unbranched alkanes of at least 4 members (excludes halogenated alkanes) is 1. The van der Waals surface area contributed by atoms with Crippen LogP contribution >= 0.6 is 11.8 Å². The van der Waals surface area contributed by atoms with Crippen molar-refractivity contribution in [2.45, 2.75) is 43.0 Å². The zero-order valence-electron chi connectivity index (χ0n) is 13.6. The number of anilines is 1. The number of benzene rings is 1. The van der Waals surface area contributed by atoms with Gasteiger partial charge in [-0.3, -0.25) is 0 Å². The Labute approximate surface area is 155 Å². The summed E-state index contributed by atoms with van der Waals surface area (Å²) in [6.45, 7) is 0. The van der Waals surface area contributed by atoms with Crippen LogP contribution in [0.5, 0.6) is 0 Å². The van der Waals surface area contributed by atoms with Gasteiger partial charge in [-0.25, -0.2) is 4.79 Å². The first-order valence-electron chi connectivity index (χ1n) is 8.29. The van der Waals surface area contributed by atoms with Crippen molar-refractivity contribution < 1.29 is 17.8 Å². The number of urea groups is 1. The Morgan fingerprint density at radius 1 is 1.24 bits per heavy atom. The molecular weight excluding hydrogens is 405 g/mol. The van der Waals surface area contributed by atoms with E-state index in [9.17, 15) is 17.8 Å². The molecule has 0 bridgehead atoms. The van der Waals surface area contributed by atoms with Crippen molar-refractivity contribution in [3.8, 4) is 0 Å². The van der Waals surface area contributed by atoms with Crippen molar-refractivity contribution in [3.63, 3.8) is 0 Å². The molecule has 2 aliphatic rings. The van der Waals surface area contributed by atoms with E-state index in [1.807, 2.05) is 11.8 Å². The average molecular weight is 427 g/mol. The Kier molecular flexibility index (Phi) is 6.28. The summed E-state index contributed by atoms with van der Waals surface area (Å²) in [5.41, 5.74) is 0.665. The summed E-state index contributed by atoms with van der Waals surface area (Å²) < 4.78 is 18.9. The minimum atomic E-state index is -2.84. The van der Waals surface area contributed by atoms with E-state index < -0.39 is 15.3 Å². The summed E-state index contributed by atoms with van der Waals surface area (Å²) in [6.07, 6.45) is 3.21. The van der Waals surface area contributed by atoms with Gasteiger partial charge in [0, 0.05) is 5.75 Å². The Hall–Kier alpha value is -1.21. The van der Waals surface area contributed by atoms with Gasteiger partial charge in [-0.1, -0.05) is 0 Å². The minimum absolute atomic E-state index is 0.0389. The molecular formula is C16H22AsN3O4S. The third-order valence-corrected chi connectivity index (χ3v) is 7.57. The molecule has 2 heterocycles. The molecule has 9 heteroatoms. The van der Waals surface area contributed by atoms with Gasteiger partial charge < -0.3 is 10.6 Å². The number of rotatable bonds is 7. The molecule has 7 nitrogen and oxygen atoms in total. The molecule has 1 aromatic rings. The van der Waals surface area contributed by atoms with Gasteiger partial charge in [0.05, 0.1) is 6.04 Å². The van der Waals surface area contributed by atoms with E-state index in [0.717, 1.165) is 25.0 Å². The number of carbonyl (C=O) groups excluding carboxylic acids is 2. The van der Waals surface area contributed by atoms with Crippen molar-refractivity contribution in [2.24, 2.45) is 0 Å². The van der Waals surface area contributed by atoms with Crippen molar-refractivity contribution in [1.29, 1.82) is 0 Å². The van der Waals surface area contributed by atoms with Gasteiger partial charge in [-0.15, -0.1) is 0 Å². The fraction of sp³-hybridized carbons (Fsp3) is 0.500. The number of fused-ring (bicyclic) bond motifs is 1. The van der Waals surface area contributed by atoms with Crippen LogP contribution in [0.15, 0.2) is 24.3 Å². The molecule has 0 saturated carbocycles. The van der Waals surface area contributed by atoms with Crippen LogP contribution in [-0.2, 0) is 4.79 Å². The molecule has 0 radical (unpaired) electrons. The van der Waals surface area contributed by atoms with Crippen LogP contribution < -0.4 is 20.3 Å². The summed E-state index contributed by atoms with van der Waals surface area (Å²) in [5.74, 6) is 0.916. The second-order valence-corrected chi connectivity index (χ2v) is 9.82. The zero-order valence-corrected chi connectivity index (χ0v) is 16.3. The standard InChI is InChI=1S/C16H22AsN3O4S/c21-14(18-11-7-5-10(6-8-11)17(23)24)4-2-1-3-13-15-12(9-25-13)19-16(22)20-15/h5-8,12-13,15,23-24H,1-4,9H2,(H,18,21)(H2,19,20,22)/t12-,13-,15-/m0/s1. The number of hydrogen-bond donors (Lipinski definition) is 5. The third kappa shape index (κ3) is 4.91. The maximum atomic E-state index is 12.0. The van der Waals surface area contributed by atoms with E-state index in [1.165, 1.54) is 0 Å². The molecule has 136 valence electrons. The second kappa shape index (κ2) is 8.45. The number of thioether (sulfide) groups is 1. The average Bonchev–Trinajstić information content (AvgIpc) is 3.11. The van der Waals surface area contributed by atoms with Crippen LogP contribution in [0.4, 0.5) is 10.5 Å². The van der Waals surface area contributed by atoms with Crippen LogP contribution in [0, 0.1) is 0 Å². The molecule has 1 aromatic carbocycles. The Bertz CT molecular complexity index is 628. The fourth-order valence-electron chi connectivity index (χ4n) is 3.18. The predicted octanol–water partition coefficient (Wildman–Crippen LogP) is 0.0307. The van der Waals surface area contributed by atoms with E-state index in [2.05, 4.69) is 16.0 Å². The van der Waals surface area contributed by atoms with Gasteiger partial charge >= 0.3 is 129 Å². The molecule has 3 amide bonds. The molecule has 2 saturated heterocycles.